The van der Waals surface area contributed by atoms with Gasteiger partial charge in [-0.05, 0) is 39.3 Å². The summed E-state index contributed by atoms with van der Waals surface area (Å²) < 4.78 is 28.6. The van der Waals surface area contributed by atoms with Crippen LogP contribution in [0.1, 0.15) is 27.2 Å². The Bertz CT molecular complexity index is 1040. The van der Waals surface area contributed by atoms with Gasteiger partial charge in [-0.25, -0.2) is 9.78 Å². The summed E-state index contributed by atoms with van der Waals surface area (Å²) in [5.74, 6) is 0.666. The molecule has 0 aliphatic carbocycles. The van der Waals surface area contributed by atoms with E-state index in [1.165, 1.54) is 20.4 Å². The molecule has 1 aromatic carbocycles. The normalized spacial score (nSPS) is 16.5. The summed E-state index contributed by atoms with van der Waals surface area (Å²) in [7, 11) is -0.860. The van der Waals surface area contributed by atoms with Gasteiger partial charge in [-0.1, -0.05) is 23.7 Å². The Hall–Kier alpha value is -2.39. The predicted molar refractivity (Wildman–Crippen MR) is 128 cm³/mol. The molecule has 12 heteroatoms. The van der Waals surface area contributed by atoms with Crippen molar-refractivity contribution in [1.29, 1.82) is 0 Å². The first kappa shape index (κ1) is 25.2. The number of anilines is 3. The minimum atomic E-state index is -3.50. The van der Waals surface area contributed by atoms with Crippen LogP contribution >= 0.6 is 19.2 Å². The van der Waals surface area contributed by atoms with Crippen LogP contribution in [0.5, 0.6) is 0 Å². The highest BCUT2D eigenvalue weighted by Crippen LogP contribution is 2.47. The summed E-state index contributed by atoms with van der Waals surface area (Å²) in [6.07, 6.45) is 1.85. The average molecular weight is 498 g/mol. The quantitative estimate of drug-likeness (QED) is 0.537. The molecule has 0 radical (unpaired) electrons. The Kier molecular flexibility index (Phi) is 7.84. The highest BCUT2D eigenvalue weighted by molar-refractivity contribution is 7.62. The number of para-hydroxylation sites is 1. The van der Waals surface area contributed by atoms with E-state index in [9.17, 15) is 9.36 Å². The second kappa shape index (κ2) is 10.3. The Morgan fingerprint density at radius 1 is 1.24 bits per heavy atom. The first-order valence-corrected chi connectivity index (χ1v) is 12.3. The largest absolute Gasteiger partial charge is 0.444 e. The second-order valence-electron chi connectivity index (χ2n) is 8.45. The van der Waals surface area contributed by atoms with Crippen molar-refractivity contribution in [2.75, 3.05) is 37.9 Å². The van der Waals surface area contributed by atoms with Gasteiger partial charge in [-0.2, -0.15) is 4.98 Å². The molecule has 0 unspecified atom stereocenters. The number of hydrogen-bond donors (Lipinski definition) is 2. The van der Waals surface area contributed by atoms with E-state index in [2.05, 4.69) is 20.6 Å². The topological polar surface area (TPSA) is 115 Å². The Labute approximate surface area is 198 Å². The molecule has 2 N–H and O–H groups in total. The highest BCUT2D eigenvalue weighted by Gasteiger charge is 2.31. The number of rotatable bonds is 7. The van der Waals surface area contributed by atoms with Crippen LogP contribution in [0, 0.1) is 0 Å². The highest BCUT2D eigenvalue weighted by atomic mass is 35.5. The van der Waals surface area contributed by atoms with Gasteiger partial charge in [-0.15, -0.1) is 0 Å². The lowest BCUT2D eigenvalue weighted by Gasteiger charge is -2.24. The van der Waals surface area contributed by atoms with Crippen molar-refractivity contribution in [3.63, 3.8) is 0 Å². The number of carbonyl (C=O) groups excluding carboxylic acids is 1. The summed E-state index contributed by atoms with van der Waals surface area (Å²) >= 11 is 6.31. The molecule has 3 rings (SSSR count). The van der Waals surface area contributed by atoms with Crippen LogP contribution in [0.15, 0.2) is 30.5 Å². The van der Waals surface area contributed by atoms with Crippen LogP contribution in [0.4, 0.5) is 22.2 Å². The van der Waals surface area contributed by atoms with Crippen LogP contribution in [0.2, 0.25) is 5.02 Å². The molecular weight excluding hydrogens is 469 g/mol. The van der Waals surface area contributed by atoms with E-state index in [1.807, 2.05) is 20.8 Å². The van der Waals surface area contributed by atoms with Crippen LogP contribution < -0.4 is 15.9 Å². The van der Waals surface area contributed by atoms with Crippen molar-refractivity contribution in [3.05, 3.63) is 35.5 Å². The van der Waals surface area contributed by atoms with Crippen molar-refractivity contribution in [1.82, 2.24) is 14.9 Å². The summed E-state index contributed by atoms with van der Waals surface area (Å²) in [5, 5.41) is 6.96. The van der Waals surface area contributed by atoms with E-state index in [1.54, 1.807) is 29.2 Å². The molecule has 0 saturated carbocycles. The number of halogens is 1. The molecule has 1 fully saturated rings. The molecule has 1 aliphatic heterocycles. The van der Waals surface area contributed by atoms with Crippen LogP contribution in [0.25, 0.3) is 0 Å². The second-order valence-corrected chi connectivity index (χ2v) is 11.1. The van der Waals surface area contributed by atoms with Gasteiger partial charge in [0.25, 0.3) is 0 Å². The lowest BCUT2D eigenvalue weighted by Crippen LogP contribution is -2.36. The standard InChI is InChI=1S/C21H29ClN5O5P/c1-21(2,3)32-20(28)27-11-10-14(13-27)24-19-23-12-15(22)18(26-19)25-16-8-6-7-9-17(16)33(29,30-4)31-5/h6-9,12,14H,10-11,13H2,1-5H3,(H2,23,24,25,26)/t14-/m1/s1. The minimum Gasteiger partial charge on any atom is -0.444 e. The average Bonchev–Trinajstić information content (AvgIpc) is 3.23. The van der Waals surface area contributed by atoms with Gasteiger partial charge < -0.3 is 29.3 Å². The third-order valence-electron chi connectivity index (χ3n) is 4.85. The summed E-state index contributed by atoms with van der Waals surface area (Å²) in [4.78, 5) is 22.7. The molecule has 2 aromatic rings. The molecule has 1 aromatic heterocycles. The van der Waals surface area contributed by atoms with E-state index >= 15 is 0 Å². The Balaban J connectivity index is 1.73. The van der Waals surface area contributed by atoms with Gasteiger partial charge >= 0.3 is 13.7 Å². The number of benzene rings is 1. The zero-order valence-electron chi connectivity index (χ0n) is 19.3. The summed E-state index contributed by atoms with van der Waals surface area (Å²) in [6.45, 7) is 6.55. The SMILES string of the molecule is COP(=O)(OC)c1ccccc1Nc1nc(N[C@@H]2CCN(C(=O)OC(C)(C)C)C2)ncc1Cl. The monoisotopic (exact) mass is 497 g/mol. The van der Waals surface area contributed by atoms with Gasteiger partial charge in [0.2, 0.25) is 5.95 Å². The fourth-order valence-electron chi connectivity index (χ4n) is 3.29. The molecule has 2 heterocycles. The number of nitrogens with zero attached hydrogens (tertiary/aromatic N) is 3. The molecule has 1 atom stereocenters. The van der Waals surface area contributed by atoms with E-state index in [0.29, 0.717) is 35.8 Å². The maximum atomic E-state index is 12.9. The molecule has 1 aliphatic rings. The van der Waals surface area contributed by atoms with Crippen LogP contribution in [0.3, 0.4) is 0 Å². The van der Waals surface area contributed by atoms with E-state index in [-0.39, 0.29) is 17.2 Å². The maximum absolute atomic E-state index is 12.9. The zero-order valence-corrected chi connectivity index (χ0v) is 20.9. The molecule has 10 nitrogen and oxygen atoms in total. The molecule has 1 amide bonds. The maximum Gasteiger partial charge on any atom is 0.410 e. The van der Waals surface area contributed by atoms with Gasteiger partial charge in [0.15, 0.2) is 5.82 Å². The first-order valence-electron chi connectivity index (χ1n) is 10.4. The fourth-order valence-corrected chi connectivity index (χ4v) is 4.67. The predicted octanol–water partition coefficient (Wildman–Crippen LogP) is 4.41. The van der Waals surface area contributed by atoms with Crippen molar-refractivity contribution in [3.8, 4) is 0 Å². The molecule has 1 saturated heterocycles. The third kappa shape index (κ3) is 6.35. The van der Waals surface area contributed by atoms with Crippen molar-refractivity contribution < 1.29 is 23.1 Å². The van der Waals surface area contributed by atoms with Crippen molar-refractivity contribution >= 4 is 48.0 Å². The summed E-state index contributed by atoms with van der Waals surface area (Å²) in [5.41, 5.74) is -0.0676. The number of hydrogen-bond acceptors (Lipinski definition) is 9. The van der Waals surface area contributed by atoms with Gasteiger partial charge in [0.1, 0.15) is 10.6 Å². The third-order valence-corrected chi connectivity index (χ3v) is 7.07. The fraction of sp³-hybridized carbons (Fsp3) is 0.476. The number of ether oxygens (including phenoxy) is 1. The molecule has 180 valence electrons. The zero-order chi connectivity index (χ0) is 24.2. The van der Waals surface area contributed by atoms with Crippen LogP contribution in [-0.2, 0) is 18.3 Å². The van der Waals surface area contributed by atoms with Gasteiger partial charge in [0.05, 0.1) is 17.2 Å². The van der Waals surface area contributed by atoms with E-state index < -0.39 is 13.2 Å². The van der Waals surface area contributed by atoms with Crippen molar-refractivity contribution in [2.24, 2.45) is 0 Å². The lowest BCUT2D eigenvalue weighted by atomic mass is 10.2. The number of nitrogens with one attached hydrogen (secondary N) is 2. The number of carbonyl (C=O) groups is 1. The first-order chi connectivity index (χ1) is 15.5. The van der Waals surface area contributed by atoms with Gasteiger partial charge in [0, 0.05) is 33.4 Å². The number of amides is 1. The number of likely N-dealkylation sites (tertiary alicyclic amines) is 1. The molecule has 33 heavy (non-hydrogen) atoms. The van der Waals surface area contributed by atoms with Crippen molar-refractivity contribution in [2.45, 2.75) is 38.8 Å². The Morgan fingerprint density at radius 2 is 1.94 bits per heavy atom. The lowest BCUT2D eigenvalue weighted by molar-refractivity contribution is 0.0293. The van der Waals surface area contributed by atoms with E-state index in [0.717, 1.165) is 6.42 Å². The van der Waals surface area contributed by atoms with E-state index in [4.69, 9.17) is 25.4 Å². The molecule has 0 spiro atoms. The Morgan fingerprint density at radius 3 is 2.61 bits per heavy atom. The number of aromatic nitrogens is 2. The smallest absolute Gasteiger partial charge is 0.410 e. The van der Waals surface area contributed by atoms with Gasteiger partial charge in [-0.3, -0.25) is 4.57 Å². The minimum absolute atomic E-state index is 0.0407. The molecule has 0 bridgehead atoms. The van der Waals surface area contributed by atoms with Crippen LogP contribution in [-0.4, -0.2) is 59.9 Å². The molecular formula is C21H29ClN5O5P. The summed E-state index contributed by atoms with van der Waals surface area (Å²) in [6, 6.07) is 6.84.